The third kappa shape index (κ3) is 3.22. The third-order valence-electron chi connectivity index (χ3n) is 3.59. The maximum atomic E-state index is 12.0. The average molecular weight is 286 g/mol. The van der Waals surface area contributed by atoms with E-state index in [-0.39, 0.29) is 12.1 Å². The molecule has 1 saturated heterocycles. The van der Waals surface area contributed by atoms with Gasteiger partial charge in [-0.05, 0) is 20.0 Å². The first kappa shape index (κ1) is 13.6. The van der Waals surface area contributed by atoms with Crippen LogP contribution in [-0.4, -0.2) is 42.3 Å². The van der Waals surface area contributed by atoms with Gasteiger partial charge in [-0.2, -0.15) is 0 Å². The van der Waals surface area contributed by atoms with E-state index in [1.807, 2.05) is 37.4 Å². The van der Waals surface area contributed by atoms with Gasteiger partial charge in [0.1, 0.15) is 17.6 Å². The van der Waals surface area contributed by atoms with Crippen molar-refractivity contribution in [3.8, 4) is 11.3 Å². The standard InChI is InChI=1S/C15H18N4O2/c1-19-8-7-12(9-19)16-15(20)17-13-10-21-18-14(13)11-5-3-2-4-6-11/h2-6,10,12H,7-9H2,1H3,(H2,16,17,20)/t12-/m1/s1. The Kier molecular flexibility index (Phi) is 3.87. The summed E-state index contributed by atoms with van der Waals surface area (Å²) in [4.78, 5) is 14.2. The van der Waals surface area contributed by atoms with Crippen LogP contribution >= 0.6 is 0 Å². The van der Waals surface area contributed by atoms with Crippen LogP contribution in [0, 0.1) is 0 Å². The molecule has 1 aliphatic heterocycles. The average Bonchev–Trinajstić information content (AvgIpc) is 3.09. The van der Waals surface area contributed by atoms with Crippen LogP contribution in [0.2, 0.25) is 0 Å². The number of aromatic nitrogens is 1. The second-order valence-corrected chi connectivity index (χ2v) is 5.29. The van der Waals surface area contributed by atoms with Crippen molar-refractivity contribution in [2.75, 3.05) is 25.5 Å². The van der Waals surface area contributed by atoms with Gasteiger partial charge in [0.05, 0.1) is 0 Å². The van der Waals surface area contributed by atoms with Gasteiger partial charge < -0.3 is 20.1 Å². The highest BCUT2D eigenvalue weighted by atomic mass is 16.5. The van der Waals surface area contributed by atoms with Crippen LogP contribution in [-0.2, 0) is 0 Å². The molecule has 0 spiro atoms. The molecule has 0 unspecified atom stereocenters. The summed E-state index contributed by atoms with van der Waals surface area (Å²) in [7, 11) is 2.05. The van der Waals surface area contributed by atoms with E-state index in [1.54, 1.807) is 0 Å². The Morgan fingerprint density at radius 3 is 2.90 bits per heavy atom. The molecule has 0 radical (unpaired) electrons. The lowest BCUT2D eigenvalue weighted by molar-refractivity contribution is 0.248. The van der Waals surface area contributed by atoms with Crippen molar-refractivity contribution in [1.29, 1.82) is 0 Å². The van der Waals surface area contributed by atoms with Crippen LogP contribution in [0.4, 0.5) is 10.5 Å². The molecule has 6 heteroatoms. The fourth-order valence-corrected chi connectivity index (χ4v) is 2.53. The maximum absolute atomic E-state index is 12.0. The number of likely N-dealkylation sites (N-methyl/N-ethyl adjacent to an activating group) is 1. The number of amides is 2. The SMILES string of the molecule is CN1CC[C@@H](NC(=O)Nc2conc2-c2ccccc2)C1. The van der Waals surface area contributed by atoms with E-state index in [9.17, 15) is 4.79 Å². The van der Waals surface area contributed by atoms with Crippen molar-refractivity contribution in [1.82, 2.24) is 15.4 Å². The highest BCUT2D eigenvalue weighted by molar-refractivity contribution is 5.93. The zero-order chi connectivity index (χ0) is 14.7. The first-order valence-corrected chi connectivity index (χ1v) is 6.98. The highest BCUT2D eigenvalue weighted by Gasteiger charge is 2.21. The van der Waals surface area contributed by atoms with E-state index in [1.165, 1.54) is 6.26 Å². The Hall–Kier alpha value is -2.34. The van der Waals surface area contributed by atoms with Crippen LogP contribution < -0.4 is 10.6 Å². The zero-order valence-electron chi connectivity index (χ0n) is 11.9. The number of carbonyl (C=O) groups is 1. The quantitative estimate of drug-likeness (QED) is 0.907. The second-order valence-electron chi connectivity index (χ2n) is 5.29. The van der Waals surface area contributed by atoms with E-state index in [0.29, 0.717) is 11.4 Å². The Bertz CT molecular complexity index is 611. The first-order chi connectivity index (χ1) is 10.2. The van der Waals surface area contributed by atoms with Gasteiger partial charge in [0.2, 0.25) is 0 Å². The Balaban J connectivity index is 1.66. The van der Waals surface area contributed by atoms with Crippen molar-refractivity contribution in [3.63, 3.8) is 0 Å². The fourth-order valence-electron chi connectivity index (χ4n) is 2.53. The van der Waals surface area contributed by atoms with E-state index in [4.69, 9.17) is 4.52 Å². The lowest BCUT2D eigenvalue weighted by Crippen LogP contribution is -2.39. The first-order valence-electron chi connectivity index (χ1n) is 6.98. The summed E-state index contributed by atoms with van der Waals surface area (Å²) in [5, 5.41) is 9.73. The zero-order valence-corrected chi connectivity index (χ0v) is 11.9. The van der Waals surface area contributed by atoms with Crippen molar-refractivity contribution in [3.05, 3.63) is 36.6 Å². The molecule has 0 saturated carbocycles. The molecule has 1 aromatic carbocycles. The monoisotopic (exact) mass is 286 g/mol. The summed E-state index contributed by atoms with van der Waals surface area (Å²) in [5.74, 6) is 0. The number of likely N-dealkylation sites (tertiary alicyclic amines) is 1. The van der Waals surface area contributed by atoms with E-state index in [2.05, 4.69) is 20.7 Å². The van der Waals surface area contributed by atoms with Crippen molar-refractivity contribution in [2.45, 2.75) is 12.5 Å². The summed E-state index contributed by atoms with van der Waals surface area (Å²) in [6, 6.07) is 9.58. The molecular weight excluding hydrogens is 268 g/mol. The number of urea groups is 1. The Morgan fingerprint density at radius 1 is 1.38 bits per heavy atom. The lowest BCUT2D eigenvalue weighted by atomic mass is 10.1. The largest absolute Gasteiger partial charge is 0.362 e. The van der Waals surface area contributed by atoms with Crippen LogP contribution in [0.5, 0.6) is 0 Å². The topological polar surface area (TPSA) is 70.4 Å². The second kappa shape index (κ2) is 5.97. The van der Waals surface area contributed by atoms with Crippen LogP contribution in [0.3, 0.4) is 0 Å². The molecule has 0 aliphatic carbocycles. The number of anilines is 1. The van der Waals surface area contributed by atoms with E-state index >= 15 is 0 Å². The molecular formula is C15H18N4O2. The van der Waals surface area contributed by atoms with Gasteiger partial charge in [0, 0.05) is 18.2 Å². The number of benzene rings is 1. The molecule has 2 aromatic rings. The van der Waals surface area contributed by atoms with Gasteiger partial charge >= 0.3 is 6.03 Å². The third-order valence-corrected chi connectivity index (χ3v) is 3.59. The minimum atomic E-state index is -0.226. The number of rotatable bonds is 3. The number of hydrogen-bond donors (Lipinski definition) is 2. The molecule has 6 nitrogen and oxygen atoms in total. The molecule has 1 aromatic heterocycles. The summed E-state index contributed by atoms with van der Waals surface area (Å²) in [5.41, 5.74) is 2.11. The maximum Gasteiger partial charge on any atom is 0.319 e. The number of nitrogens with zero attached hydrogens (tertiary/aromatic N) is 2. The van der Waals surface area contributed by atoms with Crippen molar-refractivity contribution < 1.29 is 9.32 Å². The summed E-state index contributed by atoms with van der Waals surface area (Å²) in [6.07, 6.45) is 2.42. The Labute approximate surface area is 123 Å². The smallest absolute Gasteiger partial charge is 0.319 e. The van der Waals surface area contributed by atoms with Crippen molar-refractivity contribution >= 4 is 11.7 Å². The van der Waals surface area contributed by atoms with Gasteiger partial charge in [-0.15, -0.1) is 0 Å². The minimum absolute atomic E-state index is 0.190. The predicted molar refractivity (Wildman–Crippen MR) is 80.0 cm³/mol. The number of nitrogens with one attached hydrogen (secondary N) is 2. The van der Waals surface area contributed by atoms with E-state index in [0.717, 1.165) is 25.1 Å². The van der Waals surface area contributed by atoms with Crippen molar-refractivity contribution in [2.24, 2.45) is 0 Å². The summed E-state index contributed by atoms with van der Waals surface area (Å²) >= 11 is 0. The molecule has 2 heterocycles. The van der Waals surface area contributed by atoms with Gasteiger partial charge in [-0.25, -0.2) is 4.79 Å². The molecule has 1 aliphatic rings. The van der Waals surface area contributed by atoms with E-state index < -0.39 is 0 Å². The lowest BCUT2D eigenvalue weighted by Gasteiger charge is -2.13. The molecule has 1 atom stereocenters. The highest BCUT2D eigenvalue weighted by Crippen LogP contribution is 2.26. The molecule has 2 amide bonds. The van der Waals surface area contributed by atoms with Crippen LogP contribution in [0.1, 0.15) is 6.42 Å². The van der Waals surface area contributed by atoms with Gasteiger partial charge in [0.25, 0.3) is 0 Å². The van der Waals surface area contributed by atoms with Gasteiger partial charge in [-0.1, -0.05) is 35.5 Å². The van der Waals surface area contributed by atoms with Gasteiger partial charge in [-0.3, -0.25) is 0 Å². The summed E-state index contributed by atoms with van der Waals surface area (Å²) < 4.78 is 4.99. The molecule has 2 N–H and O–H groups in total. The molecule has 0 bridgehead atoms. The Morgan fingerprint density at radius 2 is 2.19 bits per heavy atom. The number of carbonyl (C=O) groups excluding carboxylic acids is 1. The fraction of sp³-hybridized carbons (Fsp3) is 0.333. The summed E-state index contributed by atoms with van der Waals surface area (Å²) in [6.45, 7) is 1.88. The molecule has 3 rings (SSSR count). The molecule has 21 heavy (non-hydrogen) atoms. The number of hydrogen-bond acceptors (Lipinski definition) is 4. The van der Waals surface area contributed by atoms with Crippen LogP contribution in [0.25, 0.3) is 11.3 Å². The molecule has 1 fully saturated rings. The normalized spacial score (nSPS) is 18.6. The minimum Gasteiger partial charge on any atom is -0.362 e. The van der Waals surface area contributed by atoms with Gasteiger partial charge in [0.15, 0.2) is 0 Å². The molecule has 110 valence electrons. The van der Waals surface area contributed by atoms with Crippen LogP contribution in [0.15, 0.2) is 41.1 Å². The predicted octanol–water partition coefficient (Wildman–Crippen LogP) is 2.17.